The molecule has 6 nitrogen and oxygen atoms in total. The van der Waals surface area contributed by atoms with Gasteiger partial charge in [-0.3, -0.25) is 4.79 Å². The number of rotatable bonds is 4. The molecule has 0 unspecified atom stereocenters. The molecule has 1 heterocycles. The zero-order valence-electron chi connectivity index (χ0n) is 9.13. The lowest BCUT2D eigenvalue weighted by Crippen LogP contribution is -2.57. The van der Waals surface area contributed by atoms with Crippen molar-refractivity contribution in [1.29, 1.82) is 0 Å². The van der Waals surface area contributed by atoms with Gasteiger partial charge in [0.2, 0.25) is 6.41 Å². The minimum atomic E-state index is -0.441. The van der Waals surface area contributed by atoms with E-state index in [1.165, 1.54) is 4.90 Å². The maximum absolute atomic E-state index is 10.8. The van der Waals surface area contributed by atoms with Gasteiger partial charge in [-0.2, -0.15) is 0 Å². The molecule has 1 aliphatic rings. The van der Waals surface area contributed by atoms with Crippen molar-refractivity contribution in [1.82, 2.24) is 4.90 Å². The molecule has 0 bridgehead atoms. The van der Waals surface area contributed by atoms with Gasteiger partial charge in [-0.25, -0.2) is 4.79 Å². The molecule has 0 spiro atoms. The van der Waals surface area contributed by atoms with Gasteiger partial charge in [0, 0.05) is 0 Å². The van der Waals surface area contributed by atoms with Gasteiger partial charge in [0.25, 0.3) is 0 Å². The topological polar surface area (TPSA) is 84.7 Å². The van der Waals surface area contributed by atoms with Crippen LogP contribution in [0, 0.1) is 0 Å². The summed E-state index contributed by atoms with van der Waals surface area (Å²) in [5, 5.41) is 2.55. The lowest BCUT2D eigenvalue weighted by atomic mass is 10.2. The number of likely N-dealkylation sites (tertiary alicyclic amines) is 1. The Labute approximate surface area is 98.3 Å². The van der Waals surface area contributed by atoms with E-state index in [1.807, 2.05) is 6.07 Å². The van der Waals surface area contributed by atoms with Gasteiger partial charge in [-0.1, -0.05) is 12.1 Å². The largest absolute Gasteiger partial charge is 0.485 e. The number of hydrogen-bond donors (Lipinski definition) is 2. The summed E-state index contributed by atoms with van der Waals surface area (Å²) in [6.07, 6.45) is 0.524. The fraction of sp³-hybridized carbons (Fsp3) is 0.273. The first kappa shape index (κ1) is 11.3. The van der Waals surface area contributed by atoms with E-state index in [-0.39, 0.29) is 6.10 Å². The van der Waals surface area contributed by atoms with Gasteiger partial charge in [-0.15, -0.1) is 0 Å². The SMILES string of the molecule is NC(=O)N1CC(Oc2ccccc2NC=O)C1. The van der Waals surface area contributed by atoms with Crippen molar-refractivity contribution in [3.05, 3.63) is 24.3 Å². The standard InChI is InChI=1S/C11H13N3O3/c12-11(16)14-5-8(6-14)17-10-4-2-1-3-9(10)13-7-15/h1-4,7-8H,5-6H2,(H2,12,16)(H,13,15). The third-order valence-electron chi connectivity index (χ3n) is 2.55. The van der Waals surface area contributed by atoms with Crippen LogP contribution in [0.5, 0.6) is 5.75 Å². The average Bonchev–Trinajstić information content (AvgIpc) is 2.24. The third kappa shape index (κ3) is 2.47. The van der Waals surface area contributed by atoms with Crippen LogP contribution in [0.3, 0.4) is 0 Å². The number of ether oxygens (including phenoxy) is 1. The van der Waals surface area contributed by atoms with Crippen LogP contribution < -0.4 is 15.8 Å². The number of carbonyl (C=O) groups is 2. The Bertz CT molecular complexity index is 430. The third-order valence-corrected chi connectivity index (χ3v) is 2.55. The number of benzene rings is 1. The molecule has 3 N–H and O–H groups in total. The van der Waals surface area contributed by atoms with Gasteiger partial charge in [-0.05, 0) is 12.1 Å². The predicted octanol–water partition coefficient (Wildman–Crippen LogP) is 0.397. The number of nitrogens with two attached hydrogens (primary N) is 1. The van der Waals surface area contributed by atoms with Crippen LogP contribution in [0.2, 0.25) is 0 Å². The lowest BCUT2D eigenvalue weighted by molar-refractivity contribution is -0.105. The van der Waals surface area contributed by atoms with Crippen molar-refractivity contribution in [3.8, 4) is 5.75 Å². The van der Waals surface area contributed by atoms with Gasteiger partial charge in [0.15, 0.2) is 0 Å². The summed E-state index contributed by atoms with van der Waals surface area (Å²) in [6, 6.07) is 6.68. The van der Waals surface area contributed by atoms with E-state index in [0.717, 1.165) is 0 Å². The molecular formula is C11H13N3O3. The highest BCUT2D eigenvalue weighted by Gasteiger charge is 2.31. The molecule has 17 heavy (non-hydrogen) atoms. The monoisotopic (exact) mass is 235 g/mol. The summed E-state index contributed by atoms with van der Waals surface area (Å²) in [6.45, 7) is 0.954. The number of primary amides is 1. The zero-order chi connectivity index (χ0) is 12.3. The normalized spacial score (nSPS) is 14.9. The van der Waals surface area contributed by atoms with Crippen molar-refractivity contribution in [2.45, 2.75) is 6.10 Å². The second kappa shape index (κ2) is 4.73. The van der Waals surface area contributed by atoms with E-state index in [0.29, 0.717) is 30.9 Å². The van der Waals surface area contributed by atoms with Crippen LogP contribution in [-0.4, -0.2) is 36.5 Å². The second-order valence-electron chi connectivity index (χ2n) is 3.74. The Morgan fingerprint density at radius 2 is 2.18 bits per heavy atom. The highest BCUT2D eigenvalue weighted by Crippen LogP contribution is 2.26. The molecule has 2 rings (SSSR count). The van der Waals surface area contributed by atoms with Gasteiger partial charge in [0.1, 0.15) is 11.9 Å². The maximum atomic E-state index is 10.8. The Morgan fingerprint density at radius 3 is 2.82 bits per heavy atom. The summed E-state index contributed by atoms with van der Waals surface area (Å²) in [7, 11) is 0. The van der Waals surface area contributed by atoms with Gasteiger partial charge < -0.3 is 20.7 Å². The Hall–Kier alpha value is -2.24. The molecule has 90 valence electrons. The van der Waals surface area contributed by atoms with Crippen LogP contribution in [0.1, 0.15) is 0 Å². The molecule has 3 amide bonds. The molecule has 0 saturated carbocycles. The number of carbonyl (C=O) groups excluding carboxylic acids is 2. The number of hydrogen-bond acceptors (Lipinski definition) is 3. The molecule has 1 aliphatic heterocycles. The smallest absolute Gasteiger partial charge is 0.315 e. The van der Waals surface area contributed by atoms with E-state index in [4.69, 9.17) is 10.5 Å². The van der Waals surface area contributed by atoms with E-state index < -0.39 is 6.03 Å². The molecule has 0 aromatic heterocycles. The average molecular weight is 235 g/mol. The predicted molar refractivity (Wildman–Crippen MR) is 61.7 cm³/mol. The van der Waals surface area contributed by atoms with Crippen LogP contribution in [0.15, 0.2) is 24.3 Å². The van der Waals surface area contributed by atoms with Crippen molar-refractivity contribution in [2.75, 3.05) is 18.4 Å². The zero-order valence-corrected chi connectivity index (χ0v) is 9.13. The molecule has 6 heteroatoms. The lowest BCUT2D eigenvalue weighted by Gasteiger charge is -2.37. The Kier molecular flexibility index (Phi) is 3.13. The molecule has 0 aliphatic carbocycles. The van der Waals surface area contributed by atoms with E-state index in [2.05, 4.69) is 5.32 Å². The minimum Gasteiger partial charge on any atom is -0.485 e. The Balaban J connectivity index is 1.96. The fourth-order valence-corrected chi connectivity index (χ4v) is 1.62. The molecule has 1 fully saturated rings. The maximum Gasteiger partial charge on any atom is 0.315 e. The first-order valence-electron chi connectivity index (χ1n) is 5.21. The molecular weight excluding hydrogens is 222 g/mol. The molecule has 1 aromatic carbocycles. The van der Waals surface area contributed by atoms with Crippen molar-refractivity contribution in [2.24, 2.45) is 5.73 Å². The van der Waals surface area contributed by atoms with Gasteiger partial charge >= 0.3 is 6.03 Å². The molecule has 1 saturated heterocycles. The van der Waals surface area contributed by atoms with Crippen LogP contribution in [0.4, 0.5) is 10.5 Å². The van der Waals surface area contributed by atoms with Crippen LogP contribution >= 0.6 is 0 Å². The summed E-state index contributed by atoms with van der Waals surface area (Å²) in [4.78, 5) is 22.7. The van der Waals surface area contributed by atoms with Gasteiger partial charge in [0.05, 0.1) is 18.8 Å². The highest BCUT2D eigenvalue weighted by molar-refractivity contribution is 5.75. The van der Waals surface area contributed by atoms with E-state index in [1.54, 1.807) is 18.2 Å². The second-order valence-corrected chi connectivity index (χ2v) is 3.74. The molecule has 1 aromatic rings. The quantitative estimate of drug-likeness (QED) is 0.740. The number of amides is 3. The fourth-order valence-electron chi connectivity index (χ4n) is 1.62. The Morgan fingerprint density at radius 1 is 1.47 bits per heavy atom. The first-order chi connectivity index (χ1) is 8.20. The number of para-hydroxylation sites is 2. The number of nitrogens with one attached hydrogen (secondary N) is 1. The molecule has 0 atom stereocenters. The van der Waals surface area contributed by atoms with Crippen LogP contribution in [-0.2, 0) is 4.79 Å². The van der Waals surface area contributed by atoms with Crippen LogP contribution in [0.25, 0.3) is 0 Å². The van der Waals surface area contributed by atoms with Crippen molar-refractivity contribution < 1.29 is 14.3 Å². The molecule has 0 radical (unpaired) electrons. The van der Waals surface area contributed by atoms with E-state index >= 15 is 0 Å². The number of anilines is 1. The summed E-state index contributed by atoms with van der Waals surface area (Å²) >= 11 is 0. The van der Waals surface area contributed by atoms with Crippen molar-refractivity contribution >= 4 is 18.1 Å². The summed E-state index contributed by atoms with van der Waals surface area (Å²) in [5.74, 6) is 0.591. The summed E-state index contributed by atoms with van der Waals surface area (Å²) < 4.78 is 5.64. The minimum absolute atomic E-state index is 0.0721. The van der Waals surface area contributed by atoms with E-state index in [9.17, 15) is 9.59 Å². The first-order valence-corrected chi connectivity index (χ1v) is 5.21. The number of urea groups is 1. The summed E-state index contributed by atoms with van der Waals surface area (Å²) in [5.41, 5.74) is 5.71. The highest BCUT2D eigenvalue weighted by atomic mass is 16.5. The number of nitrogens with zero attached hydrogens (tertiary/aromatic N) is 1. The van der Waals surface area contributed by atoms with Crippen molar-refractivity contribution in [3.63, 3.8) is 0 Å².